The Morgan fingerprint density at radius 3 is 2.96 bits per heavy atom. The summed E-state index contributed by atoms with van der Waals surface area (Å²) in [5, 5.41) is 10.9. The Bertz CT molecular complexity index is 752. The summed E-state index contributed by atoms with van der Waals surface area (Å²) in [6.45, 7) is 1.42. The van der Waals surface area contributed by atoms with E-state index < -0.39 is 0 Å². The first kappa shape index (κ1) is 14.2. The van der Waals surface area contributed by atoms with Gasteiger partial charge < -0.3 is 10.2 Å². The number of carbonyl (C=O) groups excluding carboxylic acids is 2. The van der Waals surface area contributed by atoms with Crippen molar-refractivity contribution in [1.29, 1.82) is 0 Å². The van der Waals surface area contributed by atoms with Crippen LogP contribution >= 0.6 is 0 Å². The topological polar surface area (TPSA) is 79.6 Å². The monoisotopic (exact) mass is 313 g/mol. The third-order valence-corrected chi connectivity index (χ3v) is 4.56. The smallest absolute Gasteiger partial charge is 0.255 e. The molecule has 0 bridgehead atoms. The minimum absolute atomic E-state index is 0.00197. The molecule has 1 N–H and O–H groups in total. The Kier molecular flexibility index (Phi) is 3.48. The fraction of sp³-hybridized carbons (Fsp3) is 0.500. The number of rotatable bonds is 3. The lowest BCUT2D eigenvalue weighted by Gasteiger charge is -2.33. The van der Waals surface area contributed by atoms with Gasteiger partial charge in [0.2, 0.25) is 5.91 Å². The maximum Gasteiger partial charge on any atom is 0.255 e. The highest BCUT2D eigenvalue weighted by molar-refractivity contribution is 5.99. The second-order valence-corrected chi connectivity index (χ2v) is 6.35. The number of pyridine rings is 1. The minimum atomic E-state index is -0.158. The molecule has 1 saturated heterocycles. The SMILES string of the molecule is O=C(NC1CCCN(C(=O)C2CC2)C1)c1cccn2cnnc12. The molecule has 1 aliphatic heterocycles. The third kappa shape index (κ3) is 2.78. The van der Waals surface area contributed by atoms with Crippen molar-refractivity contribution in [3.63, 3.8) is 0 Å². The van der Waals surface area contributed by atoms with Crippen LogP contribution < -0.4 is 5.32 Å². The maximum atomic E-state index is 12.6. The van der Waals surface area contributed by atoms with Gasteiger partial charge in [-0.25, -0.2) is 0 Å². The molecular formula is C16H19N5O2. The molecule has 1 aliphatic carbocycles. The number of hydrogen-bond donors (Lipinski definition) is 1. The summed E-state index contributed by atoms with van der Waals surface area (Å²) in [6, 6.07) is 3.55. The summed E-state index contributed by atoms with van der Waals surface area (Å²) >= 11 is 0. The van der Waals surface area contributed by atoms with E-state index in [0.717, 1.165) is 32.2 Å². The lowest BCUT2D eigenvalue weighted by Crippen LogP contribution is -2.50. The molecule has 0 radical (unpaired) electrons. The van der Waals surface area contributed by atoms with Crippen molar-refractivity contribution >= 4 is 17.5 Å². The lowest BCUT2D eigenvalue weighted by molar-refractivity contribution is -0.133. The van der Waals surface area contributed by atoms with Gasteiger partial charge in [-0.05, 0) is 37.8 Å². The third-order valence-electron chi connectivity index (χ3n) is 4.56. The number of fused-ring (bicyclic) bond motifs is 1. The molecule has 7 heteroatoms. The number of carbonyl (C=O) groups is 2. The summed E-state index contributed by atoms with van der Waals surface area (Å²) in [6.07, 6.45) is 7.24. The average Bonchev–Trinajstić information content (AvgIpc) is 3.31. The summed E-state index contributed by atoms with van der Waals surface area (Å²) in [7, 11) is 0. The fourth-order valence-electron chi connectivity index (χ4n) is 3.18. The number of likely N-dealkylation sites (tertiary alicyclic amines) is 1. The highest BCUT2D eigenvalue weighted by atomic mass is 16.2. The normalized spacial score (nSPS) is 21.4. The van der Waals surface area contributed by atoms with Crippen LogP contribution in [0.5, 0.6) is 0 Å². The van der Waals surface area contributed by atoms with Gasteiger partial charge in [0, 0.05) is 31.2 Å². The predicted octanol–water partition coefficient (Wildman–Crippen LogP) is 0.860. The van der Waals surface area contributed by atoms with Gasteiger partial charge in [-0.15, -0.1) is 10.2 Å². The van der Waals surface area contributed by atoms with Gasteiger partial charge in [-0.2, -0.15) is 0 Å². The van der Waals surface area contributed by atoms with Gasteiger partial charge in [-0.1, -0.05) is 0 Å². The van der Waals surface area contributed by atoms with E-state index in [9.17, 15) is 9.59 Å². The predicted molar refractivity (Wildman–Crippen MR) is 82.8 cm³/mol. The van der Waals surface area contributed by atoms with E-state index in [1.54, 1.807) is 22.9 Å². The highest BCUT2D eigenvalue weighted by Gasteiger charge is 2.35. The first-order valence-electron chi connectivity index (χ1n) is 8.10. The molecule has 3 heterocycles. The van der Waals surface area contributed by atoms with E-state index in [1.807, 2.05) is 11.1 Å². The first-order valence-corrected chi connectivity index (χ1v) is 8.10. The van der Waals surface area contributed by atoms with E-state index in [2.05, 4.69) is 15.5 Å². The standard InChI is InChI=1S/C16H19N5O2/c22-15(13-4-2-8-21-10-17-19-14(13)21)18-12-3-1-7-20(9-12)16(23)11-5-6-11/h2,4,8,10-12H,1,3,5-7,9H2,(H,18,22). The van der Waals surface area contributed by atoms with Crippen molar-refractivity contribution in [3.8, 4) is 0 Å². The van der Waals surface area contributed by atoms with Crippen molar-refractivity contribution < 1.29 is 9.59 Å². The fourth-order valence-corrected chi connectivity index (χ4v) is 3.18. The van der Waals surface area contributed by atoms with Gasteiger partial charge >= 0.3 is 0 Å². The second-order valence-electron chi connectivity index (χ2n) is 6.35. The maximum absolute atomic E-state index is 12.6. The molecular weight excluding hydrogens is 294 g/mol. The van der Waals surface area contributed by atoms with Crippen molar-refractivity contribution in [2.75, 3.05) is 13.1 Å². The molecule has 0 aromatic carbocycles. The van der Waals surface area contributed by atoms with Crippen molar-refractivity contribution in [2.24, 2.45) is 5.92 Å². The molecule has 120 valence electrons. The molecule has 1 atom stereocenters. The van der Waals surface area contributed by atoms with Crippen LogP contribution in [0.15, 0.2) is 24.7 Å². The van der Waals surface area contributed by atoms with Crippen LogP contribution in [0.4, 0.5) is 0 Å². The van der Waals surface area contributed by atoms with E-state index >= 15 is 0 Å². The number of piperidine rings is 1. The van der Waals surface area contributed by atoms with Crippen LogP contribution in [0.3, 0.4) is 0 Å². The van der Waals surface area contributed by atoms with Crippen LogP contribution in [0.2, 0.25) is 0 Å². The Hall–Kier alpha value is -2.44. The van der Waals surface area contributed by atoms with E-state index in [4.69, 9.17) is 0 Å². The summed E-state index contributed by atoms with van der Waals surface area (Å²) in [5.41, 5.74) is 1.06. The largest absolute Gasteiger partial charge is 0.347 e. The van der Waals surface area contributed by atoms with Crippen molar-refractivity contribution in [1.82, 2.24) is 24.8 Å². The van der Waals surface area contributed by atoms with Crippen LogP contribution in [0, 0.1) is 5.92 Å². The second kappa shape index (κ2) is 5.64. The molecule has 2 aromatic heterocycles. The first-order chi connectivity index (χ1) is 11.2. The van der Waals surface area contributed by atoms with Gasteiger partial charge in [0.15, 0.2) is 5.65 Å². The number of nitrogens with one attached hydrogen (secondary N) is 1. The number of aromatic nitrogens is 3. The molecule has 2 fully saturated rings. The quantitative estimate of drug-likeness (QED) is 0.911. The zero-order valence-corrected chi connectivity index (χ0v) is 12.8. The van der Waals surface area contributed by atoms with E-state index in [-0.39, 0.29) is 23.8 Å². The number of amides is 2. The number of nitrogens with zero attached hydrogens (tertiary/aromatic N) is 4. The van der Waals surface area contributed by atoms with Crippen molar-refractivity contribution in [3.05, 3.63) is 30.2 Å². The zero-order valence-electron chi connectivity index (χ0n) is 12.8. The molecule has 1 saturated carbocycles. The Labute approximate surface area is 133 Å². The molecule has 2 aromatic rings. The average molecular weight is 313 g/mol. The highest BCUT2D eigenvalue weighted by Crippen LogP contribution is 2.31. The van der Waals surface area contributed by atoms with Crippen LogP contribution in [-0.2, 0) is 4.79 Å². The molecule has 4 rings (SSSR count). The molecule has 2 aliphatic rings. The van der Waals surface area contributed by atoms with E-state index in [1.165, 1.54) is 0 Å². The lowest BCUT2D eigenvalue weighted by atomic mass is 10.0. The summed E-state index contributed by atoms with van der Waals surface area (Å²) in [4.78, 5) is 26.7. The van der Waals surface area contributed by atoms with Gasteiger partial charge in [-0.3, -0.25) is 14.0 Å². The van der Waals surface area contributed by atoms with Crippen LogP contribution in [0.1, 0.15) is 36.0 Å². The summed E-state index contributed by atoms with van der Waals surface area (Å²) < 4.78 is 1.72. The molecule has 1 unspecified atom stereocenters. The Balaban J connectivity index is 1.45. The summed E-state index contributed by atoms with van der Waals surface area (Å²) in [5.74, 6) is 0.326. The van der Waals surface area contributed by atoms with Crippen LogP contribution in [0.25, 0.3) is 5.65 Å². The van der Waals surface area contributed by atoms with Crippen LogP contribution in [-0.4, -0.2) is 50.4 Å². The molecule has 0 spiro atoms. The molecule has 7 nitrogen and oxygen atoms in total. The molecule has 23 heavy (non-hydrogen) atoms. The minimum Gasteiger partial charge on any atom is -0.347 e. The number of hydrogen-bond acceptors (Lipinski definition) is 4. The Morgan fingerprint density at radius 2 is 2.13 bits per heavy atom. The van der Waals surface area contributed by atoms with Crippen molar-refractivity contribution in [2.45, 2.75) is 31.7 Å². The zero-order chi connectivity index (χ0) is 15.8. The van der Waals surface area contributed by atoms with Gasteiger partial charge in [0.05, 0.1) is 5.56 Å². The van der Waals surface area contributed by atoms with Gasteiger partial charge in [0.25, 0.3) is 5.91 Å². The molecule has 2 amide bonds. The Morgan fingerprint density at radius 1 is 1.26 bits per heavy atom. The van der Waals surface area contributed by atoms with E-state index in [0.29, 0.717) is 17.8 Å². The van der Waals surface area contributed by atoms with Gasteiger partial charge in [0.1, 0.15) is 6.33 Å².